The van der Waals surface area contributed by atoms with Gasteiger partial charge in [0.15, 0.2) is 0 Å². The number of morpholine rings is 1. The Morgan fingerprint density at radius 2 is 1.97 bits per heavy atom. The second-order valence-corrected chi connectivity index (χ2v) is 9.12. The van der Waals surface area contributed by atoms with Gasteiger partial charge < -0.3 is 4.74 Å². The van der Waals surface area contributed by atoms with Gasteiger partial charge in [-0.2, -0.15) is 4.98 Å². The number of hydrogen-bond acceptors (Lipinski definition) is 5. The molecule has 4 rings (SSSR count). The van der Waals surface area contributed by atoms with E-state index in [1.807, 2.05) is 4.57 Å². The highest BCUT2D eigenvalue weighted by molar-refractivity contribution is 7.98. The number of fused-ring (bicyclic) bond motifs is 1. The molecule has 0 amide bonds. The van der Waals surface area contributed by atoms with Crippen molar-refractivity contribution in [3.8, 4) is 0 Å². The molecular weight excluding hydrogens is 382 g/mol. The van der Waals surface area contributed by atoms with Gasteiger partial charge in [-0.25, -0.2) is 4.79 Å². The largest absolute Gasteiger partial charge is 0.379 e. The second kappa shape index (κ2) is 9.45. The molecule has 0 radical (unpaired) electrons. The van der Waals surface area contributed by atoms with Gasteiger partial charge in [-0.05, 0) is 50.7 Å². The molecule has 2 heterocycles. The molecule has 6 heteroatoms. The molecule has 0 N–H and O–H groups in total. The van der Waals surface area contributed by atoms with Crippen LogP contribution < -0.4 is 5.69 Å². The Morgan fingerprint density at radius 3 is 2.79 bits per heavy atom. The summed E-state index contributed by atoms with van der Waals surface area (Å²) in [5.74, 6) is 0.868. The molecule has 1 aliphatic heterocycles. The molecule has 0 unspecified atom stereocenters. The van der Waals surface area contributed by atoms with Gasteiger partial charge >= 0.3 is 5.69 Å². The third-order valence-corrected chi connectivity index (χ3v) is 7.10. The minimum absolute atomic E-state index is 0.0731. The van der Waals surface area contributed by atoms with Crippen molar-refractivity contribution in [2.45, 2.75) is 56.9 Å². The fourth-order valence-electron chi connectivity index (χ4n) is 4.32. The fraction of sp³-hybridized carbons (Fsp3) is 0.565. The smallest absolute Gasteiger partial charge is 0.348 e. The van der Waals surface area contributed by atoms with Crippen molar-refractivity contribution in [2.24, 2.45) is 0 Å². The van der Waals surface area contributed by atoms with Crippen LogP contribution in [0.2, 0.25) is 0 Å². The zero-order chi connectivity index (χ0) is 20.2. The summed E-state index contributed by atoms with van der Waals surface area (Å²) in [5.41, 5.74) is 6.38. The van der Waals surface area contributed by atoms with E-state index in [0.29, 0.717) is 0 Å². The molecule has 0 saturated carbocycles. The molecule has 0 atom stereocenters. The van der Waals surface area contributed by atoms with Gasteiger partial charge in [-0.1, -0.05) is 23.8 Å². The van der Waals surface area contributed by atoms with Crippen molar-refractivity contribution >= 4 is 11.8 Å². The number of hydrogen-bond donors (Lipinski definition) is 0. The molecule has 1 aromatic heterocycles. The molecule has 1 aliphatic carbocycles. The lowest BCUT2D eigenvalue weighted by molar-refractivity contribution is 0.0368. The summed E-state index contributed by atoms with van der Waals surface area (Å²) >= 11 is 1.72. The van der Waals surface area contributed by atoms with E-state index >= 15 is 0 Å². The predicted octanol–water partition coefficient (Wildman–Crippen LogP) is 3.36. The van der Waals surface area contributed by atoms with Gasteiger partial charge in [0, 0.05) is 43.2 Å². The summed E-state index contributed by atoms with van der Waals surface area (Å²) in [7, 11) is 0. The molecule has 0 spiro atoms. The Bertz CT molecular complexity index is 919. The first-order valence-corrected chi connectivity index (χ1v) is 11.7. The molecule has 156 valence electrons. The van der Waals surface area contributed by atoms with Gasteiger partial charge in [0.25, 0.3) is 0 Å². The summed E-state index contributed by atoms with van der Waals surface area (Å²) in [4.78, 5) is 19.8. The van der Waals surface area contributed by atoms with Gasteiger partial charge in [-0.3, -0.25) is 9.47 Å². The van der Waals surface area contributed by atoms with Crippen LogP contribution in [0.4, 0.5) is 0 Å². The second-order valence-electron chi connectivity index (χ2n) is 8.16. The van der Waals surface area contributed by atoms with Gasteiger partial charge in [0.2, 0.25) is 0 Å². The van der Waals surface area contributed by atoms with Crippen molar-refractivity contribution < 1.29 is 4.74 Å². The van der Waals surface area contributed by atoms with Gasteiger partial charge in [0.05, 0.1) is 13.2 Å². The maximum atomic E-state index is 12.8. The third-order valence-electron chi connectivity index (χ3n) is 6.03. The van der Waals surface area contributed by atoms with Crippen molar-refractivity contribution in [1.29, 1.82) is 0 Å². The average molecular weight is 414 g/mol. The number of rotatable bonds is 7. The zero-order valence-corrected chi connectivity index (χ0v) is 18.4. The van der Waals surface area contributed by atoms with E-state index in [1.54, 1.807) is 11.8 Å². The van der Waals surface area contributed by atoms with E-state index in [9.17, 15) is 4.79 Å². The molecule has 1 fully saturated rings. The lowest BCUT2D eigenvalue weighted by atomic mass is 10.1. The van der Waals surface area contributed by atoms with E-state index in [-0.39, 0.29) is 5.69 Å². The van der Waals surface area contributed by atoms with Crippen LogP contribution in [0.25, 0.3) is 0 Å². The first-order chi connectivity index (χ1) is 14.1. The Kier molecular flexibility index (Phi) is 6.73. The standard InChI is InChI=1S/C23H31N3O2S/c1-17-7-8-18(2)19(15-17)16-29-22-20-5-3-6-21(20)26(23(27)24-22)10-4-9-25-11-13-28-14-12-25/h7-8,15H,3-6,9-14,16H2,1-2H3. The number of aromatic nitrogens is 2. The first-order valence-electron chi connectivity index (χ1n) is 10.7. The molecule has 2 aliphatic rings. The van der Waals surface area contributed by atoms with Gasteiger partial charge in [0.1, 0.15) is 5.03 Å². The summed E-state index contributed by atoms with van der Waals surface area (Å²) in [5, 5.41) is 0.952. The monoisotopic (exact) mass is 413 g/mol. The summed E-state index contributed by atoms with van der Waals surface area (Å²) in [6.45, 7) is 9.72. The highest BCUT2D eigenvalue weighted by Gasteiger charge is 2.22. The van der Waals surface area contributed by atoms with Crippen molar-refractivity contribution in [3.63, 3.8) is 0 Å². The van der Waals surface area contributed by atoms with Crippen LogP contribution in [0.1, 0.15) is 40.8 Å². The summed E-state index contributed by atoms with van der Waals surface area (Å²) in [6.07, 6.45) is 4.16. The highest BCUT2D eigenvalue weighted by atomic mass is 32.2. The van der Waals surface area contributed by atoms with Crippen LogP contribution in [0.15, 0.2) is 28.0 Å². The molecular formula is C23H31N3O2S. The molecule has 1 aromatic carbocycles. The molecule has 2 aromatic rings. The number of nitrogens with zero attached hydrogens (tertiary/aromatic N) is 3. The van der Waals surface area contributed by atoms with Gasteiger partial charge in [-0.15, -0.1) is 11.8 Å². The topological polar surface area (TPSA) is 47.4 Å². The maximum Gasteiger partial charge on any atom is 0.348 e. The Balaban J connectivity index is 1.46. The zero-order valence-electron chi connectivity index (χ0n) is 17.6. The summed E-state index contributed by atoms with van der Waals surface area (Å²) < 4.78 is 7.37. The minimum Gasteiger partial charge on any atom is -0.379 e. The molecule has 29 heavy (non-hydrogen) atoms. The lowest BCUT2D eigenvalue weighted by Crippen LogP contribution is -2.37. The van der Waals surface area contributed by atoms with Crippen LogP contribution in [0.3, 0.4) is 0 Å². The lowest BCUT2D eigenvalue weighted by Gasteiger charge is -2.26. The number of benzene rings is 1. The van der Waals surface area contributed by atoms with E-state index in [4.69, 9.17) is 4.74 Å². The van der Waals surface area contributed by atoms with Crippen LogP contribution in [-0.4, -0.2) is 47.3 Å². The number of ether oxygens (including phenoxy) is 1. The van der Waals surface area contributed by atoms with E-state index < -0.39 is 0 Å². The molecule has 5 nitrogen and oxygen atoms in total. The van der Waals surface area contributed by atoms with Crippen LogP contribution in [0.5, 0.6) is 0 Å². The molecule has 0 bridgehead atoms. The third kappa shape index (κ3) is 4.93. The quantitative estimate of drug-likeness (QED) is 0.515. The van der Waals surface area contributed by atoms with Crippen LogP contribution in [-0.2, 0) is 29.9 Å². The predicted molar refractivity (Wildman–Crippen MR) is 118 cm³/mol. The minimum atomic E-state index is -0.0731. The van der Waals surface area contributed by atoms with E-state index in [2.05, 4.69) is 41.9 Å². The SMILES string of the molecule is Cc1ccc(C)c(CSc2nc(=O)n(CCCN3CCOCC3)c3c2CCC3)c1. The highest BCUT2D eigenvalue weighted by Crippen LogP contribution is 2.31. The summed E-state index contributed by atoms with van der Waals surface area (Å²) in [6, 6.07) is 6.57. The number of thioether (sulfide) groups is 1. The Morgan fingerprint density at radius 1 is 1.14 bits per heavy atom. The van der Waals surface area contributed by atoms with Crippen molar-refractivity contribution in [2.75, 3.05) is 32.8 Å². The van der Waals surface area contributed by atoms with Crippen LogP contribution in [0, 0.1) is 13.8 Å². The average Bonchev–Trinajstić information content (AvgIpc) is 3.21. The number of aryl methyl sites for hydroxylation is 2. The van der Waals surface area contributed by atoms with Crippen LogP contribution >= 0.6 is 11.8 Å². The fourth-order valence-corrected chi connectivity index (χ4v) is 5.46. The maximum absolute atomic E-state index is 12.8. The molecule has 1 saturated heterocycles. The van der Waals surface area contributed by atoms with E-state index in [1.165, 1.54) is 27.9 Å². The van der Waals surface area contributed by atoms with E-state index in [0.717, 1.165) is 75.9 Å². The van der Waals surface area contributed by atoms with Crippen molar-refractivity contribution in [3.05, 3.63) is 56.6 Å². The van der Waals surface area contributed by atoms with Crippen molar-refractivity contribution in [1.82, 2.24) is 14.5 Å². The normalized spacial score (nSPS) is 16.9. The Labute approximate surface area is 177 Å². The Hall–Kier alpha value is -1.63. The first kappa shape index (κ1) is 20.6.